The minimum atomic E-state index is -0.796. The summed E-state index contributed by atoms with van der Waals surface area (Å²) < 4.78 is 5.95. The van der Waals surface area contributed by atoms with Crippen LogP contribution in [0.15, 0.2) is 36.5 Å². The number of nitrogens with one attached hydrogen (secondary N) is 1. The minimum Gasteiger partial charge on any atom is -0.462 e. The van der Waals surface area contributed by atoms with Crippen molar-refractivity contribution in [2.75, 3.05) is 6.61 Å². The summed E-state index contributed by atoms with van der Waals surface area (Å²) in [6.07, 6.45) is 65.0. The second-order valence-electron chi connectivity index (χ2n) is 20.1. The van der Waals surface area contributed by atoms with E-state index < -0.39 is 18.2 Å². The lowest BCUT2D eigenvalue weighted by atomic mass is 10.0. The Bertz CT molecular complexity index is 1090. The fourth-order valence-corrected chi connectivity index (χ4v) is 9.03. The summed E-state index contributed by atoms with van der Waals surface area (Å²) in [4.78, 5) is 26.3. The van der Waals surface area contributed by atoms with E-state index in [4.69, 9.17) is 4.74 Å². The molecule has 0 aliphatic rings. The van der Waals surface area contributed by atoms with Gasteiger partial charge in [-0.2, -0.15) is 0 Å². The minimum absolute atomic E-state index is 0.0562. The number of allylic oxidation sites excluding steroid dienone is 6. The van der Waals surface area contributed by atoms with Gasteiger partial charge in [0, 0.05) is 6.42 Å². The van der Waals surface area contributed by atoms with E-state index in [1.807, 2.05) is 0 Å². The maximum atomic E-state index is 13.3. The molecule has 0 spiro atoms. The van der Waals surface area contributed by atoms with Gasteiger partial charge >= 0.3 is 5.97 Å². The van der Waals surface area contributed by atoms with Crippen LogP contribution >= 0.6 is 0 Å². The number of unbranched alkanes of at least 4 members (excludes halogenated alkanes) is 35. The van der Waals surface area contributed by atoms with E-state index in [0.717, 1.165) is 70.6 Å². The van der Waals surface area contributed by atoms with E-state index in [-0.39, 0.29) is 24.9 Å². The molecule has 0 fully saturated rings. The van der Waals surface area contributed by atoms with Crippen molar-refractivity contribution in [1.82, 2.24) is 5.32 Å². The van der Waals surface area contributed by atoms with Gasteiger partial charge in [0.05, 0.1) is 25.2 Å². The van der Waals surface area contributed by atoms with Crippen molar-refractivity contribution >= 4 is 11.9 Å². The summed E-state index contributed by atoms with van der Waals surface area (Å²) in [5.41, 5.74) is 0. The van der Waals surface area contributed by atoms with E-state index in [0.29, 0.717) is 19.3 Å². The highest BCUT2D eigenvalue weighted by Gasteiger charge is 2.24. The first-order valence-corrected chi connectivity index (χ1v) is 29.2. The Morgan fingerprint density at radius 1 is 0.439 bits per heavy atom. The van der Waals surface area contributed by atoms with Gasteiger partial charge in [-0.15, -0.1) is 0 Å². The zero-order valence-corrected chi connectivity index (χ0v) is 44.3. The summed E-state index contributed by atoms with van der Waals surface area (Å²) in [5, 5.41) is 23.9. The van der Waals surface area contributed by atoms with Crippen LogP contribution < -0.4 is 5.32 Å². The first kappa shape index (κ1) is 64.1. The Hall–Kier alpha value is -1.92. The predicted octanol–water partition coefficient (Wildman–Crippen LogP) is 18.0. The molecule has 3 N–H and O–H groups in total. The van der Waals surface area contributed by atoms with Crippen LogP contribution in [0, 0.1) is 0 Å². The normalized spacial score (nSPS) is 13.3. The van der Waals surface area contributed by atoms with Crippen molar-refractivity contribution < 1.29 is 24.5 Å². The smallest absolute Gasteiger partial charge is 0.306 e. The Kier molecular flexibility index (Phi) is 52.5. The van der Waals surface area contributed by atoms with Crippen LogP contribution in [0.4, 0.5) is 0 Å². The molecule has 6 heteroatoms. The second-order valence-corrected chi connectivity index (χ2v) is 20.1. The van der Waals surface area contributed by atoms with Crippen LogP contribution in [0.25, 0.3) is 0 Å². The van der Waals surface area contributed by atoms with Gasteiger partial charge in [0.25, 0.3) is 0 Å². The molecule has 66 heavy (non-hydrogen) atoms. The number of aliphatic hydroxyl groups excluding tert-OH is 2. The fourth-order valence-electron chi connectivity index (χ4n) is 9.03. The van der Waals surface area contributed by atoms with E-state index in [9.17, 15) is 19.8 Å². The molecule has 0 heterocycles. The molecule has 0 bridgehead atoms. The standard InChI is InChI=1S/C60H113NO5/c1-4-7-10-13-16-19-22-25-28-29-30-32-35-38-41-44-47-50-53-60(65)66-56(51-48-45-42-39-36-33-31-26-23-20-17-14-11-8-5-2)54-59(64)61-57(55-62)58(63)52-49-46-43-40-37-34-27-24-21-18-15-12-9-6-3/h17,20,26,31,36,39,56-58,62-63H,4-16,18-19,21-25,27-30,32-35,37-38,40-55H2,1-3H3,(H,61,64)/b20-17-,31-26-,39-36-. The van der Waals surface area contributed by atoms with E-state index in [1.165, 1.54) is 193 Å². The molecular formula is C60H113NO5. The van der Waals surface area contributed by atoms with Gasteiger partial charge in [0.1, 0.15) is 6.10 Å². The molecule has 0 aliphatic heterocycles. The number of rotatable bonds is 53. The van der Waals surface area contributed by atoms with Crippen molar-refractivity contribution in [1.29, 1.82) is 0 Å². The van der Waals surface area contributed by atoms with Crippen LogP contribution in [-0.4, -0.2) is 46.9 Å². The fraction of sp³-hybridized carbons (Fsp3) is 0.867. The molecule has 1 amide bonds. The van der Waals surface area contributed by atoms with Gasteiger partial charge in [-0.3, -0.25) is 9.59 Å². The lowest BCUT2D eigenvalue weighted by molar-refractivity contribution is -0.151. The Balaban J connectivity index is 4.56. The van der Waals surface area contributed by atoms with Crippen molar-refractivity contribution in [2.24, 2.45) is 0 Å². The average molecular weight is 929 g/mol. The van der Waals surface area contributed by atoms with Crippen molar-refractivity contribution in [3.8, 4) is 0 Å². The molecule has 0 saturated carbocycles. The summed E-state index contributed by atoms with van der Waals surface area (Å²) in [5.74, 6) is -0.495. The lowest BCUT2D eigenvalue weighted by Gasteiger charge is -2.24. The third kappa shape index (κ3) is 48.5. The van der Waals surface area contributed by atoms with E-state index >= 15 is 0 Å². The lowest BCUT2D eigenvalue weighted by Crippen LogP contribution is -2.46. The third-order valence-electron chi connectivity index (χ3n) is 13.5. The van der Waals surface area contributed by atoms with Gasteiger partial charge in [-0.25, -0.2) is 0 Å². The molecule has 3 unspecified atom stereocenters. The molecule has 0 radical (unpaired) electrons. The average Bonchev–Trinajstić information content (AvgIpc) is 3.31. The van der Waals surface area contributed by atoms with Crippen molar-refractivity contribution in [2.45, 2.75) is 328 Å². The number of carbonyl (C=O) groups is 2. The predicted molar refractivity (Wildman–Crippen MR) is 287 cm³/mol. The van der Waals surface area contributed by atoms with Gasteiger partial charge in [0.15, 0.2) is 0 Å². The highest BCUT2D eigenvalue weighted by atomic mass is 16.5. The third-order valence-corrected chi connectivity index (χ3v) is 13.5. The quantitative estimate of drug-likeness (QED) is 0.0321. The van der Waals surface area contributed by atoms with Crippen LogP contribution in [0.3, 0.4) is 0 Å². The molecule has 0 aliphatic carbocycles. The maximum absolute atomic E-state index is 13.3. The maximum Gasteiger partial charge on any atom is 0.306 e. The number of amides is 1. The van der Waals surface area contributed by atoms with Crippen molar-refractivity contribution in [3.63, 3.8) is 0 Å². The van der Waals surface area contributed by atoms with Gasteiger partial charge in [-0.05, 0) is 64.2 Å². The highest BCUT2D eigenvalue weighted by Crippen LogP contribution is 2.18. The zero-order chi connectivity index (χ0) is 48.1. The second kappa shape index (κ2) is 54.0. The van der Waals surface area contributed by atoms with Gasteiger partial charge < -0.3 is 20.3 Å². The van der Waals surface area contributed by atoms with E-state index in [1.54, 1.807) is 0 Å². The molecule has 0 aromatic rings. The molecule has 3 atom stereocenters. The number of ether oxygens (including phenoxy) is 1. The monoisotopic (exact) mass is 928 g/mol. The molecule has 6 nitrogen and oxygen atoms in total. The van der Waals surface area contributed by atoms with E-state index in [2.05, 4.69) is 62.5 Å². The Morgan fingerprint density at radius 2 is 0.773 bits per heavy atom. The number of carbonyl (C=O) groups excluding carboxylic acids is 2. The molecule has 388 valence electrons. The zero-order valence-electron chi connectivity index (χ0n) is 44.3. The number of hydrogen-bond donors (Lipinski definition) is 3. The molecule has 0 rings (SSSR count). The Labute approximate surface area is 411 Å². The van der Waals surface area contributed by atoms with Crippen molar-refractivity contribution in [3.05, 3.63) is 36.5 Å². The largest absolute Gasteiger partial charge is 0.462 e. The Morgan fingerprint density at radius 3 is 1.18 bits per heavy atom. The van der Waals surface area contributed by atoms with Crippen LogP contribution in [0.1, 0.15) is 310 Å². The molecule has 0 aromatic carbocycles. The summed E-state index contributed by atoms with van der Waals surface area (Å²) in [7, 11) is 0. The first-order chi connectivity index (χ1) is 32.5. The van der Waals surface area contributed by atoms with Gasteiger partial charge in [0.2, 0.25) is 5.91 Å². The summed E-state index contributed by atoms with van der Waals surface area (Å²) >= 11 is 0. The topological polar surface area (TPSA) is 95.9 Å². The van der Waals surface area contributed by atoms with Gasteiger partial charge in [-0.1, -0.05) is 269 Å². The summed E-state index contributed by atoms with van der Waals surface area (Å²) in [6, 6.07) is -0.712. The number of esters is 1. The highest BCUT2D eigenvalue weighted by molar-refractivity contribution is 5.77. The van der Waals surface area contributed by atoms with Crippen LogP contribution in [-0.2, 0) is 14.3 Å². The van der Waals surface area contributed by atoms with Crippen LogP contribution in [0.5, 0.6) is 0 Å². The first-order valence-electron chi connectivity index (χ1n) is 29.2. The molecular weight excluding hydrogens is 815 g/mol. The molecule has 0 saturated heterocycles. The molecule has 0 aromatic heterocycles. The SMILES string of the molecule is CCCCC/C=C\C/C=C\C/C=C\CCCCC(CC(=O)NC(CO)C(O)CCCCCCCCCCCCCCCC)OC(=O)CCCCCCCCCCCCCCCCCCCC. The number of hydrogen-bond acceptors (Lipinski definition) is 5. The number of aliphatic hydroxyl groups is 2. The summed E-state index contributed by atoms with van der Waals surface area (Å²) in [6.45, 7) is 6.48. The van der Waals surface area contributed by atoms with Crippen LogP contribution in [0.2, 0.25) is 0 Å².